The van der Waals surface area contributed by atoms with Crippen LogP contribution in [0.5, 0.6) is 0 Å². The minimum Gasteiger partial charge on any atom is -0.311 e. The lowest BCUT2D eigenvalue weighted by Gasteiger charge is -2.26. The molecule has 20 heavy (non-hydrogen) atoms. The predicted octanol–water partition coefficient (Wildman–Crippen LogP) is 4.75. The van der Waals surface area contributed by atoms with E-state index in [0.29, 0.717) is 0 Å². The first-order valence-corrected chi connectivity index (χ1v) is 8.98. The maximum absolute atomic E-state index is 4.73. The number of nitrogens with one attached hydrogen (secondary N) is 1. The molecule has 0 aromatic carbocycles. The van der Waals surface area contributed by atoms with Gasteiger partial charge in [0.2, 0.25) is 0 Å². The Bertz CT molecular complexity index is 397. The largest absolute Gasteiger partial charge is 0.311 e. The Kier molecular flexibility index (Phi) is 5.62. The molecule has 0 bridgehead atoms. The molecule has 0 saturated heterocycles. The summed E-state index contributed by atoms with van der Waals surface area (Å²) in [5.41, 5.74) is 1.39. The molecule has 1 heterocycles. The first kappa shape index (κ1) is 16.0. The molecule has 0 amide bonds. The highest BCUT2D eigenvalue weighted by Crippen LogP contribution is 2.30. The Hall–Kier alpha value is -0.410. The average molecular weight is 295 g/mol. The van der Waals surface area contributed by atoms with Gasteiger partial charge >= 0.3 is 0 Å². The number of aromatic nitrogens is 1. The topological polar surface area (TPSA) is 24.9 Å². The van der Waals surface area contributed by atoms with E-state index in [9.17, 15) is 0 Å². The van der Waals surface area contributed by atoms with Gasteiger partial charge in [-0.15, -0.1) is 11.3 Å². The Labute approximate surface area is 128 Å². The number of rotatable bonds is 5. The van der Waals surface area contributed by atoms with Gasteiger partial charge in [0.1, 0.15) is 0 Å². The van der Waals surface area contributed by atoms with Crippen LogP contribution in [0.25, 0.3) is 0 Å². The Balaban J connectivity index is 1.65. The summed E-state index contributed by atoms with van der Waals surface area (Å²) < 4.78 is 0. The van der Waals surface area contributed by atoms with Crippen molar-refractivity contribution in [1.82, 2.24) is 10.3 Å². The molecule has 1 fully saturated rings. The predicted molar refractivity (Wildman–Crippen MR) is 88.3 cm³/mol. The van der Waals surface area contributed by atoms with Crippen molar-refractivity contribution in [2.75, 3.05) is 6.54 Å². The Morgan fingerprint density at radius 3 is 2.55 bits per heavy atom. The second kappa shape index (κ2) is 7.04. The maximum Gasteiger partial charge on any atom is 0.0982 e. The van der Waals surface area contributed by atoms with Crippen molar-refractivity contribution in [2.45, 2.75) is 71.8 Å². The number of nitrogens with zero attached hydrogens (tertiary/aromatic N) is 1. The van der Waals surface area contributed by atoms with Crippen LogP contribution in [-0.2, 0) is 12.0 Å². The average Bonchev–Trinajstić information content (AvgIpc) is 2.85. The van der Waals surface area contributed by atoms with Gasteiger partial charge in [-0.25, -0.2) is 4.98 Å². The monoisotopic (exact) mass is 294 g/mol. The van der Waals surface area contributed by atoms with Crippen molar-refractivity contribution in [2.24, 2.45) is 11.8 Å². The molecule has 0 radical (unpaired) electrons. The molecular weight excluding hydrogens is 264 g/mol. The van der Waals surface area contributed by atoms with Gasteiger partial charge in [0.05, 0.1) is 10.7 Å². The number of hydrogen-bond acceptors (Lipinski definition) is 3. The van der Waals surface area contributed by atoms with Gasteiger partial charge in [-0.05, 0) is 24.8 Å². The van der Waals surface area contributed by atoms with Crippen LogP contribution >= 0.6 is 11.3 Å². The lowest BCUT2D eigenvalue weighted by Crippen LogP contribution is -2.21. The van der Waals surface area contributed by atoms with E-state index in [4.69, 9.17) is 4.98 Å². The van der Waals surface area contributed by atoms with Crippen LogP contribution in [0.15, 0.2) is 5.38 Å². The van der Waals surface area contributed by atoms with Crippen LogP contribution in [0.3, 0.4) is 0 Å². The molecule has 2 rings (SSSR count). The molecule has 1 aliphatic carbocycles. The van der Waals surface area contributed by atoms with E-state index < -0.39 is 0 Å². The number of thiazole rings is 1. The van der Waals surface area contributed by atoms with Crippen LogP contribution in [0, 0.1) is 11.8 Å². The van der Waals surface area contributed by atoms with Gasteiger partial charge in [0.15, 0.2) is 0 Å². The van der Waals surface area contributed by atoms with Crippen LogP contribution < -0.4 is 5.32 Å². The van der Waals surface area contributed by atoms with Crippen LogP contribution in [0.4, 0.5) is 0 Å². The highest BCUT2D eigenvalue weighted by molar-refractivity contribution is 7.09. The van der Waals surface area contributed by atoms with Crippen molar-refractivity contribution in [3.05, 3.63) is 16.1 Å². The lowest BCUT2D eigenvalue weighted by atomic mass is 9.81. The molecular formula is C17H30N2S. The summed E-state index contributed by atoms with van der Waals surface area (Å²) in [5, 5.41) is 7.02. The van der Waals surface area contributed by atoms with E-state index in [1.807, 2.05) is 0 Å². The Morgan fingerprint density at radius 2 is 1.95 bits per heavy atom. The standard InChI is InChI=1S/C17H30N2S/c1-13-5-7-14(8-6-13)9-10-18-11-15-12-20-16(19-15)17(2,3)4/h12-14,18H,5-11H2,1-4H3. The molecule has 2 nitrogen and oxygen atoms in total. The fourth-order valence-electron chi connectivity index (χ4n) is 2.87. The molecule has 0 spiro atoms. The lowest BCUT2D eigenvalue weighted by molar-refractivity contribution is 0.275. The van der Waals surface area contributed by atoms with Crippen molar-refractivity contribution in [3.63, 3.8) is 0 Å². The molecule has 3 heteroatoms. The first-order valence-electron chi connectivity index (χ1n) is 8.10. The fraction of sp³-hybridized carbons (Fsp3) is 0.824. The molecule has 0 aliphatic heterocycles. The highest BCUT2D eigenvalue weighted by atomic mass is 32.1. The summed E-state index contributed by atoms with van der Waals surface area (Å²) in [5.74, 6) is 1.92. The zero-order valence-corrected chi connectivity index (χ0v) is 14.4. The molecule has 1 N–H and O–H groups in total. The zero-order valence-electron chi connectivity index (χ0n) is 13.5. The molecule has 1 aromatic rings. The molecule has 0 atom stereocenters. The SMILES string of the molecule is CC1CCC(CCNCc2csc(C(C)(C)C)n2)CC1. The third kappa shape index (κ3) is 4.85. The van der Waals surface area contributed by atoms with Crippen LogP contribution in [0.2, 0.25) is 0 Å². The number of hydrogen-bond donors (Lipinski definition) is 1. The molecule has 0 unspecified atom stereocenters. The minimum atomic E-state index is 0.182. The van der Waals surface area contributed by atoms with Crippen molar-refractivity contribution < 1.29 is 0 Å². The third-order valence-electron chi connectivity index (χ3n) is 4.36. The summed E-state index contributed by atoms with van der Waals surface area (Å²) in [7, 11) is 0. The van der Waals surface area contributed by atoms with E-state index >= 15 is 0 Å². The van der Waals surface area contributed by atoms with Gasteiger partial charge < -0.3 is 5.32 Å². The third-order valence-corrected chi connectivity index (χ3v) is 5.68. The van der Waals surface area contributed by atoms with Gasteiger partial charge in [-0.3, -0.25) is 0 Å². The summed E-state index contributed by atoms with van der Waals surface area (Å²) in [6.45, 7) is 11.1. The van der Waals surface area contributed by atoms with Crippen molar-refractivity contribution >= 4 is 11.3 Å². The second-order valence-electron chi connectivity index (χ2n) is 7.49. The van der Waals surface area contributed by atoms with E-state index in [2.05, 4.69) is 38.4 Å². The zero-order chi connectivity index (χ0) is 14.6. The Morgan fingerprint density at radius 1 is 1.25 bits per heavy atom. The fourth-order valence-corrected chi connectivity index (χ4v) is 3.78. The maximum atomic E-state index is 4.73. The van der Waals surface area contributed by atoms with Gasteiger partial charge in [0, 0.05) is 17.3 Å². The quantitative estimate of drug-likeness (QED) is 0.793. The van der Waals surface area contributed by atoms with E-state index in [0.717, 1.165) is 24.9 Å². The van der Waals surface area contributed by atoms with E-state index in [1.54, 1.807) is 11.3 Å². The highest BCUT2D eigenvalue weighted by Gasteiger charge is 2.19. The van der Waals surface area contributed by atoms with Gasteiger partial charge in [-0.2, -0.15) is 0 Å². The van der Waals surface area contributed by atoms with Crippen molar-refractivity contribution in [3.8, 4) is 0 Å². The normalized spacial score (nSPS) is 24.0. The smallest absolute Gasteiger partial charge is 0.0982 e. The van der Waals surface area contributed by atoms with Crippen LogP contribution in [0.1, 0.15) is 70.5 Å². The summed E-state index contributed by atoms with van der Waals surface area (Å²) in [6, 6.07) is 0. The second-order valence-corrected chi connectivity index (χ2v) is 8.34. The summed E-state index contributed by atoms with van der Waals surface area (Å²) in [4.78, 5) is 4.73. The first-order chi connectivity index (χ1) is 9.45. The summed E-state index contributed by atoms with van der Waals surface area (Å²) in [6.07, 6.45) is 7.09. The van der Waals surface area contributed by atoms with Gasteiger partial charge in [-0.1, -0.05) is 53.4 Å². The van der Waals surface area contributed by atoms with Gasteiger partial charge in [0.25, 0.3) is 0 Å². The minimum absolute atomic E-state index is 0.182. The molecule has 1 saturated carbocycles. The molecule has 1 aromatic heterocycles. The van der Waals surface area contributed by atoms with E-state index in [1.165, 1.54) is 42.8 Å². The van der Waals surface area contributed by atoms with E-state index in [-0.39, 0.29) is 5.41 Å². The summed E-state index contributed by atoms with van der Waals surface area (Å²) >= 11 is 1.79. The van der Waals surface area contributed by atoms with Crippen LogP contribution in [-0.4, -0.2) is 11.5 Å². The molecule has 114 valence electrons. The molecule has 1 aliphatic rings. The van der Waals surface area contributed by atoms with Crippen molar-refractivity contribution in [1.29, 1.82) is 0 Å².